The van der Waals surface area contributed by atoms with E-state index in [2.05, 4.69) is 17.0 Å². The average molecular weight is 350 g/mol. The molecule has 5 nitrogen and oxygen atoms in total. The standard InChI is InChI=1S/C21H22N2O3/c1-14-7-8-19(26-2)17(11-14)23-20(24)12-18(21(23)25)22-10-9-15-5-3-4-6-16(15)13-22/h3-8,11,18H,9-10,12-13H2,1-2H3/t18-/m0/s1. The summed E-state index contributed by atoms with van der Waals surface area (Å²) < 4.78 is 5.38. The van der Waals surface area contributed by atoms with Crippen LogP contribution in [0.15, 0.2) is 42.5 Å². The Morgan fingerprint density at radius 3 is 2.62 bits per heavy atom. The van der Waals surface area contributed by atoms with E-state index in [1.54, 1.807) is 13.2 Å². The number of fused-ring (bicyclic) bond motifs is 1. The second-order valence-electron chi connectivity index (χ2n) is 6.95. The van der Waals surface area contributed by atoms with E-state index in [-0.39, 0.29) is 18.2 Å². The lowest BCUT2D eigenvalue weighted by atomic mass is 9.98. The van der Waals surface area contributed by atoms with E-state index in [9.17, 15) is 9.59 Å². The molecule has 0 aliphatic carbocycles. The van der Waals surface area contributed by atoms with Crippen molar-refractivity contribution in [3.63, 3.8) is 0 Å². The number of hydrogen-bond donors (Lipinski definition) is 0. The molecule has 1 atom stereocenters. The quantitative estimate of drug-likeness (QED) is 0.799. The Morgan fingerprint density at radius 1 is 1.08 bits per heavy atom. The second kappa shape index (κ2) is 6.57. The van der Waals surface area contributed by atoms with Crippen molar-refractivity contribution >= 4 is 17.5 Å². The SMILES string of the molecule is COc1ccc(C)cc1N1C(=O)C[C@H](N2CCc3ccccc3C2)C1=O. The van der Waals surface area contributed by atoms with Crippen LogP contribution < -0.4 is 9.64 Å². The van der Waals surface area contributed by atoms with Gasteiger partial charge < -0.3 is 4.74 Å². The molecule has 2 aromatic rings. The van der Waals surface area contributed by atoms with Gasteiger partial charge in [0.15, 0.2) is 0 Å². The normalized spacial score (nSPS) is 20.4. The number of amides is 2. The zero-order valence-electron chi connectivity index (χ0n) is 15.1. The molecule has 134 valence electrons. The lowest BCUT2D eigenvalue weighted by Crippen LogP contribution is -2.44. The van der Waals surface area contributed by atoms with Crippen molar-refractivity contribution < 1.29 is 14.3 Å². The van der Waals surface area contributed by atoms with Crippen LogP contribution in [-0.4, -0.2) is 36.4 Å². The lowest BCUT2D eigenvalue weighted by Gasteiger charge is -2.32. The smallest absolute Gasteiger partial charge is 0.251 e. The molecule has 2 amide bonds. The van der Waals surface area contributed by atoms with Crippen LogP contribution in [0.5, 0.6) is 5.75 Å². The molecule has 2 aliphatic heterocycles. The minimum Gasteiger partial charge on any atom is -0.495 e. The fourth-order valence-electron chi connectivity index (χ4n) is 3.91. The molecule has 0 radical (unpaired) electrons. The van der Waals surface area contributed by atoms with Crippen molar-refractivity contribution in [2.24, 2.45) is 0 Å². The Balaban J connectivity index is 1.62. The molecule has 26 heavy (non-hydrogen) atoms. The summed E-state index contributed by atoms with van der Waals surface area (Å²) in [6.07, 6.45) is 1.13. The van der Waals surface area contributed by atoms with Gasteiger partial charge in [0.2, 0.25) is 5.91 Å². The monoisotopic (exact) mass is 350 g/mol. The van der Waals surface area contributed by atoms with Crippen molar-refractivity contribution in [3.8, 4) is 5.75 Å². The molecule has 2 aliphatic rings. The van der Waals surface area contributed by atoms with E-state index in [4.69, 9.17) is 4.74 Å². The zero-order valence-corrected chi connectivity index (χ0v) is 15.1. The molecule has 0 aromatic heterocycles. The van der Waals surface area contributed by atoms with Gasteiger partial charge in [0, 0.05) is 13.1 Å². The van der Waals surface area contributed by atoms with Gasteiger partial charge >= 0.3 is 0 Å². The third kappa shape index (κ3) is 2.78. The van der Waals surface area contributed by atoms with Crippen LogP contribution in [0.1, 0.15) is 23.1 Å². The van der Waals surface area contributed by atoms with Crippen LogP contribution in [-0.2, 0) is 22.6 Å². The minimum atomic E-state index is -0.402. The number of carbonyl (C=O) groups is 2. The second-order valence-corrected chi connectivity index (χ2v) is 6.95. The molecule has 0 spiro atoms. The highest BCUT2D eigenvalue weighted by atomic mass is 16.5. The van der Waals surface area contributed by atoms with E-state index >= 15 is 0 Å². The first-order valence-corrected chi connectivity index (χ1v) is 8.91. The molecule has 1 fully saturated rings. The highest BCUT2D eigenvalue weighted by molar-refractivity contribution is 6.23. The Bertz CT molecular complexity index is 877. The number of nitrogens with zero attached hydrogens (tertiary/aromatic N) is 2. The first-order chi connectivity index (χ1) is 12.6. The highest BCUT2D eigenvalue weighted by Crippen LogP contribution is 2.35. The third-order valence-corrected chi connectivity index (χ3v) is 5.30. The third-order valence-electron chi connectivity index (χ3n) is 5.30. The summed E-state index contributed by atoms with van der Waals surface area (Å²) in [4.78, 5) is 29.2. The molecule has 5 heteroatoms. The fraction of sp³-hybridized carbons (Fsp3) is 0.333. The Morgan fingerprint density at radius 2 is 1.85 bits per heavy atom. The molecular formula is C21H22N2O3. The maximum Gasteiger partial charge on any atom is 0.251 e. The summed E-state index contributed by atoms with van der Waals surface area (Å²) in [6.45, 7) is 3.44. The van der Waals surface area contributed by atoms with Gasteiger partial charge in [0.05, 0.1) is 25.3 Å². The van der Waals surface area contributed by atoms with Gasteiger partial charge in [-0.25, -0.2) is 4.90 Å². The number of rotatable bonds is 3. The van der Waals surface area contributed by atoms with Gasteiger partial charge in [-0.3, -0.25) is 14.5 Å². The number of ether oxygens (including phenoxy) is 1. The van der Waals surface area contributed by atoms with Crippen LogP contribution in [0.2, 0.25) is 0 Å². The fourth-order valence-corrected chi connectivity index (χ4v) is 3.91. The van der Waals surface area contributed by atoms with Gasteiger partial charge in [-0.05, 0) is 42.2 Å². The number of carbonyl (C=O) groups excluding carboxylic acids is 2. The van der Waals surface area contributed by atoms with Crippen LogP contribution in [0, 0.1) is 6.92 Å². The molecule has 2 heterocycles. The molecule has 1 saturated heterocycles. The zero-order chi connectivity index (χ0) is 18.3. The average Bonchev–Trinajstić information content (AvgIpc) is 2.95. The van der Waals surface area contributed by atoms with E-state index < -0.39 is 6.04 Å². The van der Waals surface area contributed by atoms with Crippen LogP contribution >= 0.6 is 0 Å². The predicted octanol–water partition coefficient (Wildman–Crippen LogP) is 2.69. The van der Waals surface area contributed by atoms with Crippen molar-refractivity contribution in [2.45, 2.75) is 32.4 Å². The summed E-state index contributed by atoms with van der Waals surface area (Å²) in [5.74, 6) is 0.225. The molecule has 0 bridgehead atoms. The van der Waals surface area contributed by atoms with E-state index in [0.717, 1.165) is 18.5 Å². The largest absolute Gasteiger partial charge is 0.495 e. The number of anilines is 1. The van der Waals surface area contributed by atoms with Crippen LogP contribution in [0.4, 0.5) is 5.69 Å². The van der Waals surface area contributed by atoms with Crippen molar-refractivity contribution in [2.75, 3.05) is 18.6 Å². The Kier molecular flexibility index (Phi) is 4.24. The summed E-state index contributed by atoms with van der Waals surface area (Å²) in [5, 5.41) is 0. The van der Waals surface area contributed by atoms with Crippen LogP contribution in [0.3, 0.4) is 0 Å². The first-order valence-electron chi connectivity index (χ1n) is 8.91. The Hall–Kier alpha value is -2.66. The number of benzene rings is 2. The molecule has 4 rings (SSSR count). The molecule has 0 N–H and O–H groups in total. The van der Waals surface area contributed by atoms with E-state index in [1.807, 2.05) is 31.2 Å². The van der Waals surface area contributed by atoms with Gasteiger partial charge in [-0.15, -0.1) is 0 Å². The van der Waals surface area contributed by atoms with E-state index in [1.165, 1.54) is 16.0 Å². The van der Waals surface area contributed by atoms with E-state index in [0.29, 0.717) is 18.0 Å². The van der Waals surface area contributed by atoms with Crippen molar-refractivity contribution in [1.82, 2.24) is 4.90 Å². The number of imide groups is 1. The predicted molar refractivity (Wildman–Crippen MR) is 99.2 cm³/mol. The molecule has 0 saturated carbocycles. The summed E-state index contributed by atoms with van der Waals surface area (Å²) in [7, 11) is 1.55. The van der Waals surface area contributed by atoms with Gasteiger partial charge in [0.25, 0.3) is 5.91 Å². The first kappa shape index (κ1) is 16.8. The van der Waals surface area contributed by atoms with Crippen molar-refractivity contribution in [3.05, 3.63) is 59.2 Å². The number of aryl methyl sites for hydroxylation is 1. The molecule has 2 aromatic carbocycles. The van der Waals surface area contributed by atoms with Crippen LogP contribution in [0.25, 0.3) is 0 Å². The van der Waals surface area contributed by atoms with Gasteiger partial charge in [0.1, 0.15) is 5.75 Å². The highest BCUT2D eigenvalue weighted by Gasteiger charge is 2.44. The molecule has 0 unspecified atom stereocenters. The maximum atomic E-state index is 13.1. The Labute approximate surface area is 153 Å². The summed E-state index contributed by atoms with van der Waals surface area (Å²) in [6, 6.07) is 13.5. The molecular weight excluding hydrogens is 328 g/mol. The van der Waals surface area contributed by atoms with Crippen molar-refractivity contribution in [1.29, 1.82) is 0 Å². The number of methoxy groups -OCH3 is 1. The number of hydrogen-bond acceptors (Lipinski definition) is 4. The maximum absolute atomic E-state index is 13.1. The summed E-state index contributed by atoms with van der Waals surface area (Å²) in [5.41, 5.74) is 4.10. The minimum absolute atomic E-state index is 0.154. The lowest BCUT2D eigenvalue weighted by molar-refractivity contribution is -0.123. The summed E-state index contributed by atoms with van der Waals surface area (Å²) >= 11 is 0. The van der Waals surface area contributed by atoms with Gasteiger partial charge in [-0.1, -0.05) is 30.3 Å². The topological polar surface area (TPSA) is 49.9 Å². The van der Waals surface area contributed by atoms with Gasteiger partial charge in [-0.2, -0.15) is 0 Å².